The number of allylic oxidation sites excluding steroid dienone is 1. The normalized spacial score (nSPS) is 21.1. The number of rotatable bonds is 6. The van der Waals surface area contributed by atoms with E-state index in [9.17, 15) is 0 Å². The van der Waals surface area contributed by atoms with Gasteiger partial charge in [-0.15, -0.1) is 0 Å². The molecule has 0 heterocycles. The molecule has 0 radical (unpaired) electrons. The molecule has 0 fully saturated rings. The molecule has 0 N–H and O–H groups in total. The summed E-state index contributed by atoms with van der Waals surface area (Å²) in [5.41, 5.74) is 3.13. The zero-order valence-electron chi connectivity index (χ0n) is 12.0. The van der Waals surface area contributed by atoms with E-state index in [4.69, 9.17) is 0 Å². The van der Waals surface area contributed by atoms with Gasteiger partial charge in [0.1, 0.15) is 0 Å². The monoisotopic (exact) mass is 409 g/mol. The molecule has 0 saturated carbocycles. The summed E-state index contributed by atoms with van der Waals surface area (Å²) in [4.78, 5) is 0. The van der Waals surface area contributed by atoms with Crippen LogP contribution in [0.4, 0.5) is 0 Å². The van der Waals surface area contributed by atoms with Crippen molar-refractivity contribution >= 4 is 6.08 Å². The van der Waals surface area contributed by atoms with Crippen molar-refractivity contribution < 1.29 is 21.4 Å². The molecule has 1 aliphatic rings. The molecule has 97 valence electrons. The topological polar surface area (TPSA) is 0 Å². The van der Waals surface area contributed by atoms with Crippen LogP contribution in [-0.4, -0.2) is 0 Å². The van der Waals surface area contributed by atoms with Crippen molar-refractivity contribution in [2.24, 2.45) is 0 Å². The summed E-state index contributed by atoms with van der Waals surface area (Å²) >= 11 is -1.49. The first kappa shape index (κ1) is 14.2. The first-order valence-electron chi connectivity index (χ1n) is 7.30. The molecule has 0 amide bonds. The van der Waals surface area contributed by atoms with E-state index in [-0.39, 0.29) is 0 Å². The Bertz CT molecular complexity index is 419. The van der Waals surface area contributed by atoms with Crippen molar-refractivity contribution in [1.82, 2.24) is 0 Å². The predicted molar refractivity (Wildman–Crippen MR) is 77.6 cm³/mol. The van der Waals surface area contributed by atoms with E-state index in [0.717, 1.165) is 0 Å². The number of benzene rings is 1. The zero-order valence-corrected chi connectivity index (χ0v) is 15.6. The minimum absolute atomic E-state index is 0.509. The number of unbranched alkanes of at least 4 members (excludes halogenated alkanes) is 3. The van der Waals surface area contributed by atoms with Crippen LogP contribution in [0, 0.1) is 0 Å². The van der Waals surface area contributed by atoms with Gasteiger partial charge in [0.05, 0.1) is 0 Å². The SMILES string of the molecule is CCCCCC[C]1([Hf]([CH3])[CH3])C=Cc2ccccc21. The van der Waals surface area contributed by atoms with Gasteiger partial charge in [-0.1, -0.05) is 0 Å². The van der Waals surface area contributed by atoms with Gasteiger partial charge in [0.15, 0.2) is 0 Å². The summed E-state index contributed by atoms with van der Waals surface area (Å²) in [6.07, 6.45) is 11.9. The van der Waals surface area contributed by atoms with Gasteiger partial charge in [0.2, 0.25) is 0 Å². The summed E-state index contributed by atoms with van der Waals surface area (Å²) in [6.45, 7) is 2.29. The molecule has 1 aromatic carbocycles. The fraction of sp³-hybridized carbons (Fsp3) is 0.529. The summed E-state index contributed by atoms with van der Waals surface area (Å²) in [5.74, 6) is 0. The Labute approximate surface area is 120 Å². The van der Waals surface area contributed by atoms with Crippen molar-refractivity contribution in [3.8, 4) is 0 Å². The van der Waals surface area contributed by atoms with E-state index < -0.39 is 21.4 Å². The number of fused-ring (bicyclic) bond motifs is 1. The number of hydrogen-bond donors (Lipinski definition) is 0. The van der Waals surface area contributed by atoms with Gasteiger partial charge in [-0.05, 0) is 0 Å². The minimum atomic E-state index is -1.49. The van der Waals surface area contributed by atoms with Crippen molar-refractivity contribution in [2.75, 3.05) is 0 Å². The molecular formula is C17H25Hf. The zero-order chi connectivity index (χ0) is 13.0. The molecule has 0 aromatic heterocycles. The van der Waals surface area contributed by atoms with E-state index in [1.54, 1.807) is 5.56 Å². The molecule has 1 aromatic rings. The van der Waals surface area contributed by atoms with Crippen LogP contribution in [0.5, 0.6) is 0 Å². The molecule has 0 spiro atoms. The van der Waals surface area contributed by atoms with Gasteiger partial charge in [0.25, 0.3) is 0 Å². The quantitative estimate of drug-likeness (QED) is 0.425. The molecule has 18 heavy (non-hydrogen) atoms. The van der Waals surface area contributed by atoms with Gasteiger partial charge in [-0.25, -0.2) is 0 Å². The van der Waals surface area contributed by atoms with Crippen LogP contribution < -0.4 is 0 Å². The summed E-state index contributed by atoms with van der Waals surface area (Å²) in [6, 6.07) is 9.06. The molecule has 1 heteroatoms. The second-order valence-corrected chi connectivity index (χ2v) is 16.1. The van der Waals surface area contributed by atoms with E-state index in [2.05, 4.69) is 52.7 Å². The third-order valence-corrected chi connectivity index (χ3v) is 13.2. The fourth-order valence-electron chi connectivity index (χ4n) is 3.11. The van der Waals surface area contributed by atoms with E-state index >= 15 is 0 Å². The van der Waals surface area contributed by atoms with E-state index in [0.29, 0.717) is 3.17 Å². The molecule has 0 bridgehead atoms. The standard InChI is InChI=1S/C15H19.2CH3.Hf/c1-2-3-4-5-8-13-11-12-14-9-6-7-10-15(13)14;;;/h6-7,9-12H,2-5,8H2,1H3;2*1H3;. The van der Waals surface area contributed by atoms with E-state index in [1.165, 1.54) is 37.7 Å². The number of hydrogen-bond acceptors (Lipinski definition) is 0. The van der Waals surface area contributed by atoms with Gasteiger partial charge >= 0.3 is 121 Å². The Morgan fingerprint density at radius 3 is 2.56 bits per heavy atom. The molecule has 2 rings (SSSR count). The van der Waals surface area contributed by atoms with E-state index in [1.807, 2.05) is 0 Å². The molecule has 0 nitrogen and oxygen atoms in total. The van der Waals surface area contributed by atoms with Crippen molar-refractivity contribution in [3.63, 3.8) is 0 Å². The molecule has 0 aliphatic heterocycles. The molecular weight excluding hydrogens is 383 g/mol. The third-order valence-electron chi connectivity index (χ3n) is 4.31. The predicted octanol–water partition coefficient (Wildman–Crippen LogP) is 5.59. The van der Waals surface area contributed by atoms with Crippen LogP contribution >= 0.6 is 0 Å². The van der Waals surface area contributed by atoms with Crippen LogP contribution in [0.15, 0.2) is 30.3 Å². The maximum absolute atomic E-state index is 2.58. The Hall–Kier alpha value is -0.170. The van der Waals surface area contributed by atoms with Gasteiger partial charge in [-0.2, -0.15) is 0 Å². The van der Waals surface area contributed by atoms with Crippen molar-refractivity contribution in [2.45, 2.75) is 51.6 Å². The second-order valence-electron chi connectivity index (χ2n) is 5.70. The first-order chi connectivity index (χ1) is 8.70. The average Bonchev–Trinajstić information content (AvgIpc) is 2.75. The summed E-state index contributed by atoms with van der Waals surface area (Å²) in [5, 5.41) is 0. The van der Waals surface area contributed by atoms with Crippen LogP contribution in [0.3, 0.4) is 0 Å². The van der Waals surface area contributed by atoms with Crippen molar-refractivity contribution in [1.29, 1.82) is 0 Å². The van der Waals surface area contributed by atoms with Gasteiger partial charge in [-0.3, -0.25) is 0 Å². The Balaban J connectivity index is 2.17. The average molecular weight is 408 g/mol. The Morgan fingerprint density at radius 1 is 1.06 bits per heavy atom. The van der Waals surface area contributed by atoms with Crippen LogP contribution in [0.25, 0.3) is 6.08 Å². The van der Waals surface area contributed by atoms with Crippen molar-refractivity contribution in [3.05, 3.63) is 41.5 Å². The van der Waals surface area contributed by atoms with Crippen LogP contribution in [0.2, 0.25) is 9.36 Å². The summed E-state index contributed by atoms with van der Waals surface area (Å²) < 4.78 is 5.67. The third kappa shape index (κ3) is 2.71. The van der Waals surface area contributed by atoms with Crippen LogP contribution in [-0.2, 0) is 24.6 Å². The molecule has 0 saturated heterocycles. The Kier molecular flexibility index (Phi) is 5.00. The molecule has 1 atom stereocenters. The van der Waals surface area contributed by atoms with Gasteiger partial charge < -0.3 is 0 Å². The Morgan fingerprint density at radius 2 is 1.83 bits per heavy atom. The maximum atomic E-state index is 2.58. The summed E-state index contributed by atoms with van der Waals surface area (Å²) in [7, 11) is 0. The molecule has 1 unspecified atom stereocenters. The second kappa shape index (κ2) is 6.32. The first-order valence-corrected chi connectivity index (χ1v) is 16.3. The van der Waals surface area contributed by atoms with Gasteiger partial charge in [0, 0.05) is 0 Å². The van der Waals surface area contributed by atoms with Crippen LogP contribution in [0.1, 0.15) is 50.2 Å². The molecule has 1 aliphatic carbocycles. The fourth-order valence-corrected chi connectivity index (χ4v) is 9.79.